The van der Waals surface area contributed by atoms with E-state index in [1.807, 2.05) is 84.9 Å². The van der Waals surface area contributed by atoms with Crippen molar-refractivity contribution in [2.75, 3.05) is 0 Å². The molecular weight excluding hydrogens is 503 g/mol. The van der Waals surface area contributed by atoms with Crippen LogP contribution in [-0.2, 0) is 0 Å². The van der Waals surface area contributed by atoms with Gasteiger partial charge < -0.3 is 9.97 Å². The van der Waals surface area contributed by atoms with Crippen LogP contribution in [0.5, 0.6) is 0 Å². The molecule has 8 bridgehead atoms. The first-order chi connectivity index (χ1) is 19.8. The predicted molar refractivity (Wildman–Crippen MR) is 160 cm³/mol. The number of hydrogen-bond donors (Lipinski definition) is 2. The zero-order chi connectivity index (χ0) is 26.2. The van der Waals surface area contributed by atoms with Crippen molar-refractivity contribution in [2.24, 2.45) is 0 Å². The van der Waals surface area contributed by atoms with Crippen LogP contribution in [0.15, 0.2) is 97.1 Å². The van der Waals surface area contributed by atoms with E-state index in [0.29, 0.717) is 40.6 Å². The van der Waals surface area contributed by atoms with Gasteiger partial charge in [0.1, 0.15) is 17.1 Å². The van der Waals surface area contributed by atoms with Crippen molar-refractivity contribution in [2.45, 2.75) is 0 Å². The molecule has 2 N–H and O–H groups in total. The third-order valence-electron chi connectivity index (χ3n) is 7.46. The van der Waals surface area contributed by atoms with Gasteiger partial charge in [-0.25, -0.2) is 29.9 Å². The van der Waals surface area contributed by atoms with Crippen LogP contribution in [0.3, 0.4) is 0 Å². The molecule has 0 atom stereocenters. The zero-order valence-electron chi connectivity index (χ0n) is 21.9. The first-order valence-electron chi connectivity index (χ1n) is 13.0. The van der Waals surface area contributed by atoms with Gasteiger partial charge in [0.25, 0.3) is 0 Å². The van der Waals surface area contributed by atoms with Gasteiger partial charge in [-0.15, -0.1) is 0 Å². The van der Waals surface area contributed by atoms with Crippen LogP contribution in [0.4, 0.5) is 0 Å². The van der Waals surface area contributed by atoms with Crippen molar-refractivity contribution >= 4 is 40.9 Å². The molecule has 1 radical (unpaired) electrons. The van der Waals surface area contributed by atoms with Crippen LogP contribution in [0.25, 0.3) is 90.4 Å². The third kappa shape index (κ3) is 3.55. The van der Waals surface area contributed by atoms with E-state index in [4.69, 9.17) is 29.9 Å². The predicted octanol–water partition coefficient (Wildman–Crippen LogP) is 6.39. The topological polar surface area (TPSA) is 109 Å². The monoisotopic (exact) mass is 521 g/mol. The Labute approximate surface area is 245 Å². The van der Waals surface area contributed by atoms with Gasteiger partial charge >= 0.3 is 0 Å². The first-order valence-corrected chi connectivity index (χ1v) is 13.0. The number of hydrogen-bond acceptors (Lipinski definition) is 6. The van der Waals surface area contributed by atoms with Gasteiger partial charge in [-0.1, -0.05) is 97.1 Å². The number of H-pyrrole nitrogens is 2. The molecule has 0 unspecified atom stereocenters. The molecule has 0 saturated carbocycles. The Morgan fingerprint density at radius 2 is 0.756 bits per heavy atom. The van der Waals surface area contributed by atoms with E-state index in [1.165, 1.54) is 0 Å². The van der Waals surface area contributed by atoms with Crippen LogP contribution in [0.2, 0.25) is 0 Å². The van der Waals surface area contributed by atoms with E-state index in [1.54, 1.807) is 0 Å². The molecule has 0 amide bonds. The number of aromatic amines is 2. The molecule has 3 aliphatic rings. The molecule has 2 aromatic heterocycles. The van der Waals surface area contributed by atoms with Gasteiger partial charge in [0, 0.05) is 63.0 Å². The number of nitrogens with one attached hydrogen (secondary N) is 2. The molecule has 0 spiro atoms. The van der Waals surface area contributed by atoms with E-state index < -0.39 is 0 Å². The quantitative estimate of drug-likeness (QED) is 0.224. The molecule has 8 nitrogen and oxygen atoms in total. The summed E-state index contributed by atoms with van der Waals surface area (Å²) in [7, 11) is 0. The van der Waals surface area contributed by atoms with Crippen LogP contribution in [0.1, 0.15) is 0 Å². The molecule has 3 aliphatic heterocycles. The minimum atomic E-state index is 0. The van der Waals surface area contributed by atoms with E-state index in [9.17, 15) is 0 Å². The second-order valence-electron chi connectivity index (χ2n) is 9.79. The summed E-state index contributed by atoms with van der Waals surface area (Å²) in [5, 5.41) is 1.98. The molecule has 9 heteroatoms. The molecule has 5 heterocycles. The van der Waals surface area contributed by atoms with Crippen molar-refractivity contribution in [3.05, 3.63) is 97.1 Å². The van der Waals surface area contributed by atoms with Gasteiger partial charge in [-0.2, -0.15) is 0 Å². The number of nitrogens with zero attached hydrogens (tertiary/aromatic N) is 6. The summed E-state index contributed by atoms with van der Waals surface area (Å²) < 4.78 is 0. The summed E-state index contributed by atoms with van der Waals surface area (Å²) in [5.74, 6) is 3.62. The Morgan fingerprint density at radius 3 is 1.29 bits per heavy atom. The number of fused-ring (bicyclic) bond motifs is 20. The van der Waals surface area contributed by atoms with Crippen molar-refractivity contribution in [3.63, 3.8) is 0 Å². The van der Waals surface area contributed by atoms with Gasteiger partial charge in [0.2, 0.25) is 0 Å². The Morgan fingerprint density at radius 1 is 0.366 bits per heavy atom. The maximum atomic E-state index is 5.02. The molecule has 187 valence electrons. The summed E-state index contributed by atoms with van der Waals surface area (Å²) in [6, 6.07) is 32.3. The van der Waals surface area contributed by atoms with Crippen molar-refractivity contribution < 1.29 is 0 Å². The maximum Gasteiger partial charge on any atom is 0.164 e. The second-order valence-corrected chi connectivity index (χ2v) is 9.79. The summed E-state index contributed by atoms with van der Waals surface area (Å²) in [5.41, 5.74) is 7.07. The number of rotatable bonds is 0. The van der Waals surface area contributed by atoms with Gasteiger partial charge in [-0.3, -0.25) is 0 Å². The molecule has 0 saturated heterocycles. The maximum absolute atomic E-state index is 5.02. The largest absolute Gasteiger partial charge is 0.325 e. The van der Waals surface area contributed by atoms with Crippen LogP contribution < -0.4 is 0 Å². The SMILES string of the molecule is [Li].c1ccc2c(c1)-c1nc3nc(nc4[nH]c([nH]c5nc(nc-2n1)-c1ccccc1-5)c1ccccc41)-c1ccccc1-3. The summed E-state index contributed by atoms with van der Waals surface area (Å²) in [6.07, 6.45) is 0. The Hall–Kier alpha value is -5.16. The standard InChI is InChI=1S/C32H18N8.Li/c1-2-10-18-17(9-1)25-33-26(18)38-28-21-13-5-6-14-22(21)30(35-28)40-32-24-16-8-7-15-23(24)31(36-32)39-29-20-12-4-3-11-19(20)27(34-29)37-25;/h1-16H,(H2,33,34,35,36,37,38,39,40);. The fraction of sp³-hybridized carbons (Fsp3) is 0. The van der Waals surface area contributed by atoms with E-state index in [-0.39, 0.29) is 18.9 Å². The molecule has 6 aromatic rings. The average Bonchev–Trinajstić information content (AvgIpc) is 3.73. The Bertz CT molecular complexity index is 2100. The Balaban J connectivity index is 0.00000256. The van der Waals surface area contributed by atoms with Crippen molar-refractivity contribution in [3.8, 4) is 68.3 Å². The fourth-order valence-electron chi connectivity index (χ4n) is 5.59. The fourth-order valence-corrected chi connectivity index (χ4v) is 5.59. The number of aromatic nitrogens is 8. The first kappa shape index (κ1) is 23.7. The molecule has 0 aliphatic carbocycles. The van der Waals surface area contributed by atoms with Gasteiger partial charge in [0.05, 0.1) is 0 Å². The molecule has 4 aromatic carbocycles. The molecule has 9 rings (SSSR count). The van der Waals surface area contributed by atoms with Gasteiger partial charge in [0.15, 0.2) is 29.1 Å². The molecular formula is C32H18LiN8. The van der Waals surface area contributed by atoms with Crippen molar-refractivity contribution in [1.29, 1.82) is 0 Å². The summed E-state index contributed by atoms with van der Waals surface area (Å²) >= 11 is 0. The minimum Gasteiger partial charge on any atom is -0.325 e. The van der Waals surface area contributed by atoms with Gasteiger partial charge in [-0.05, 0) is 0 Å². The second kappa shape index (κ2) is 8.93. The van der Waals surface area contributed by atoms with Crippen LogP contribution in [0, 0.1) is 0 Å². The Kier molecular flexibility index (Phi) is 5.16. The summed E-state index contributed by atoms with van der Waals surface area (Å²) in [6.45, 7) is 0. The molecule has 0 fully saturated rings. The van der Waals surface area contributed by atoms with Crippen molar-refractivity contribution in [1.82, 2.24) is 39.9 Å². The van der Waals surface area contributed by atoms with E-state index >= 15 is 0 Å². The van der Waals surface area contributed by atoms with Crippen LogP contribution >= 0.6 is 0 Å². The zero-order valence-corrected chi connectivity index (χ0v) is 21.9. The van der Waals surface area contributed by atoms with Crippen LogP contribution in [-0.4, -0.2) is 58.7 Å². The minimum absolute atomic E-state index is 0. The normalized spacial score (nSPS) is 11.7. The number of benzene rings is 4. The van der Waals surface area contributed by atoms with E-state index in [0.717, 1.165) is 49.8 Å². The average molecular weight is 521 g/mol. The third-order valence-corrected chi connectivity index (χ3v) is 7.46. The van der Waals surface area contributed by atoms with E-state index in [2.05, 4.69) is 22.1 Å². The smallest absolute Gasteiger partial charge is 0.164 e. The molecule has 41 heavy (non-hydrogen) atoms. The summed E-state index contributed by atoms with van der Waals surface area (Å²) in [4.78, 5) is 36.7.